The van der Waals surface area contributed by atoms with E-state index in [1.54, 1.807) is 10.9 Å². The van der Waals surface area contributed by atoms with Gasteiger partial charge >= 0.3 is 0 Å². The number of nitrogen functional groups attached to an aromatic ring is 1. The van der Waals surface area contributed by atoms with Crippen LogP contribution in [0.25, 0.3) is 0 Å². The summed E-state index contributed by atoms with van der Waals surface area (Å²) in [6.07, 6.45) is 2.45. The number of hydrogen-bond donors (Lipinski definition) is 1. The molecule has 3 nitrogen and oxygen atoms in total. The third-order valence-corrected chi connectivity index (χ3v) is 1.33. The third-order valence-electron chi connectivity index (χ3n) is 1.33. The van der Waals surface area contributed by atoms with Crippen molar-refractivity contribution in [3.05, 3.63) is 18.7 Å². The van der Waals surface area contributed by atoms with E-state index in [0.29, 0.717) is 12.2 Å². The van der Waals surface area contributed by atoms with E-state index in [2.05, 4.69) is 12.0 Å². The quantitative estimate of drug-likeness (QED) is 0.588. The van der Waals surface area contributed by atoms with E-state index in [1.807, 2.05) is 7.05 Å². The fourth-order valence-corrected chi connectivity index (χ4v) is 0.685. The zero-order valence-electron chi connectivity index (χ0n) is 5.46. The average Bonchev–Trinajstić information content (AvgIpc) is 2.15. The highest BCUT2D eigenvalue weighted by Gasteiger charge is 1.99. The first-order valence-electron chi connectivity index (χ1n) is 2.81. The molecule has 0 bridgehead atoms. The van der Waals surface area contributed by atoms with Crippen molar-refractivity contribution < 1.29 is 0 Å². The summed E-state index contributed by atoms with van der Waals surface area (Å²) >= 11 is 0. The molecule has 0 unspecified atom stereocenters. The Labute approximate surface area is 54.5 Å². The van der Waals surface area contributed by atoms with E-state index in [0.717, 1.165) is 5.56 Å². The Morgan fingerprint density at radius 2 is 2.56 bits per heavy atom. The summed E-state index contributed by atoms with van der Waals surface area (Å²) in [6, 6.07) is 0. The Morgan fingerprint density at radius 1 is 1.89 bits per heavy atom. The molecular weight excluding hydrogens is 114 g/mol. The SMILES string of the molecule is [CH2]Cc1cnn(C)c1N. The largest absolute Gasteiger partial charge is 0.384 e. The fourth-order valence-electron chi connectivity index (χ4n) is 0.685. The fraction of sp³-hybridized carbons (Fsp3) is 0.333. The van der Waals surface area contributed by atoms with Crippen LogP contribution in [0.5, 0.6) is 0 Å². The number of aromatic nitrogens is 2. The number of anilines is 1. The van der Waals surface area contributed by atoms with Crippen LogP contribution in [0.3, 0.4) is 0 Å². The molecule has 49 valence electrons. The number of nitrogens with zero attached hydrogens (tertiary/aromatic N) is 2. The average molecular weight is 124 g/mol. The van der Waals surface area contributed by atoms with E-state index >= 15 is 0 Å². The lowest BCUT2D eigenvalue weighted by atomic mass is 10.3. The van der Waals surface area contributed by atoms with Crippen molar-refractivity contribution in [2.24, 2.45) is 7.05 Å². The predicted molar refractivity (Wildman–Crippen MR) is 36.7 cm³/mol. The topological polar surface area (TPSA) is 43.8 Å². The smallest absolute Gasteiger partial charge is 0.124 e. The van der Waals surface area contributed by atoms with Gasteiger partial charge in [-0.15, -0.1) is 0 Å². The molecule has 0 aromatic carbocycles. The maximum Gasteiger partial charge on any atom is 0.124 e. The highest BCUT2D eigenvalue weighted by atomic mass is 15.3. The minimum Gasteiger partial charge on any atom is -0.384 e. The van der Waals surface area contributed by atoms with Gasteiger partial charge in [0.25, 0.3) is 0 Å². The van der Waals surface area contributed by atoms with Gasteiger partial charge in [0.15, 0.2) is 0 Å². The second kappa shape index (κ2) is 2.09. The molecule has 0 aliphatic carbocycles. The number of aryl methyl sites for hydroxylation is 1. The summed E-state index contributed by atoms with van der Waals surface area (Å²) < 4.78 is 1.64. The van der Waals surface area contributed by atoms with Crippen LogP contribution in [-0.2, 0) is 13.5 Å². The summed E-state index contributed by atoms with van der Waals surface area (Å²) in [4.78, 5) is 0. The molecule has 0 amide bonds. The van der Waals surface area contributed by atoms with Gasteiger partial charge in [0.1, 0.15) is 5.82 Å². The van der Waals surface area contributed by atoms with Crippen molar-refractivity contribution in [3.8, 4) is 0 Å². The first kappa shape index (κ1) is 6.13. The molecule has 1 rings (SSSR count). The van der Waals surface area contributed by atoms with Crippen LogP contribution >= 0.6 is 0 Å². The maximum absolute atomic E-state index is 5.57. The van der Waals surface area contributed by atoms with E-state index in [1.165, 1.54) is 0 Å². The first-order chi connectivity index (χ1) is 4.25. The molecule has 0 saturated heterocycles. The molecule has 1 aromatic heterocycles. The molecule has 0 fully saturated rings. The third kappa shape index (κ3) is 0.896. The Morgan fingerprint density at radius 3 is 2.78 bits per heavy atom. The summed E-state index contributed by atoms with van der Waals surface area (Å²) in [5.41, 5.74) is 6.59. The molecule has 0 saturated carbocycles. The number of nitrogens with two attached hydrogens (primary N) is 1. The van der Waals surface area contributed by atoms with Crippen LogP contribution in [0, 0.1) is 6.92 Å². The maximum atomic E-state index is 5.57. The Balaban J connectivity index is 3.04. The Bertz CT molecular complexity index is 202. The van der Waals surface area contributed by atoms with Crippen LogP contribution in [0.4, 0.5) is 5.82 Å². The van der Waals surface area contributed by atoms with Gasteiger partial charge in [-0.1, -0.05) is 0 Å². The van der Waals surface area contributed by atoms with Gasteiger partial charge in [0.2, 0.25) is 0 Å². The predicted octanol–water partition coefficient (Wildman–Crippen LogP) is 0.379. The van der Waals surface area contributed by atoms with Crippen LogP contribution in [0.15, 0.2) is 6.20 Å². The molecular formula is C6H10N3. The van der Waals surface area contributed by atoms with E-state index in [4.69, 9.17) is 5.73 Å². The monoisotopic (exact) mass is 124 g/mol. The lowest BCUT2D eigenvalue weighted by molar-refractivity contribution is 0.779. The molecule has 0 aliphatic heterocycles. The van der Waals surface area contributed by atoms with Crippen molar-refractivity contribution in [1.29, 1.82) is 0 Å². The molecule has 2 N–H and O–H groups in total. The van der Waals surface area contributed by atoms with Gasteiger partial charge < -0.3 is 5.73 Å². The second-order valence-corrected chi connectivity index (χ2v) is 1.93. The summed E-state index contributed by atoms with van der Waals surface area (Å²) in [5, 5.41) is 3.94. The van der Waals surface area contributed by atoms with Gasteiger partial charge in [-0.25, -0.2) is 0 Å². The van der Waals surface area contributed by atoms with Crippen LogP contribution in [-0.4, -0.2) is 9.78 Å². The minimum absolute atomic E-state index is 0.708. The van der Waals surface area contributed by atoms with Gasteiger partial charge in [-0.3, -0.25) is 4.68 Å². The van der Waals surface area contributed by atoms with Crippen molar-refractivity contribution >= 4 is 5.82 Å². The highest BCUT2D eigenvalue weighted by Crippen LogP contribution is 2.08. The Hall–Kier alpha value is -0.990. The van der Waals surface area contributed by atoms with Gasteiger partial charge in [0.05, 0.1) is 6.20 Å². The van der Waals surface area contributed by atoms with Crippen LogP contribution < -0.4 is 5.73 Å². The van der Waals surface area contributed by atoms with Crippen LogP contribution in [0.1, 0.15) is 5.56 Å². The molecule has 1 radical (unpaired) electrons. The molecule has 9 heavy (non-hydrogen) atoms. The number of hydrogen-bond acceptors (Lipinski definition) is 2. The molecule has 1 heterocycles. The minimum atomic E-state index is 0.708. The van der Waals surface area contributed by atoms with Gasteiger partial charge in [0, 0.05) is 12.6 Å². The standard InChI is InChI=1S/C6H10N3/c1-3-5-4-8-9(2)6(5)7/h4H,1,3,7H2,2H3. The molecule has 0 spiro atoms. The van der Waals surface area contributed by atoms with E-state index < -0.39 is 0 Å². The molecule has 0 atom stereocenters. The van der Waals surface area contributed by atoms with Gasteiger partial charge in [-0.05, 0) is 13.3 Å². The number of rotatable bonds is 1. The summed E-state index contributed by atoms with van der Waals surface area (Å²) in [6.45, 7) is 3.70. The second-order valence-electron chi connectivity index (χ2n) is 1.93. The zero-order valence-corrected chi connectivity index (χ0v) is 5.46. The van der Waals surface area contributed by atoms with E-state index in [9.17, 15) is 0 Å². The summed E-state index contributed by atoms with van der Waals surface area (Å²) in [5.74, 6) is 0.713. The lowest BCUT2D eigenvalue weighted by Gasteiger charge is -1.93. The molecule has 1 aromatic rings. The highest BCUT2D eigenvalue weighted by molar-refractivity contribution is 5.38. The zero-order chi connectivity index (χ0) is 6.85. The van der Waals surface area contributed by atoms with Crippen LogP contribution in [0.2, 0.25) is 0 Å². The van der Waals surface area contributed by atoms with E-state index in [-0.39, 0.29) is 0 Å². The van der Waals surface area contributed by atoms with Crippen molar-refractivity contribution in [2.75, 3.05) is 5.73 Å². The van der Waals surface area contributed by atoms with Crippen molar-refractivity contribution in [2.45, 2.75) is 6.42 Å². The molecule has 3 heteroatoms. The normalized spacial score (nSPS) is 10.0. The van der Waals surface area contributed by atoms with Crippen molar-refractivity contribution in [1.82, 2.24) is 9.78 Å². The first-order valence-corrected chi connectivity index (χ1v) is 2.81. The van der Waals surface area contributed by atoms with Crippen molar-refractivity contribution in [3.63, 3.8) is 0 Å². The molecule has 0 aliphatic rings. The summed E-state index contributed by atoms with van der Waals surface area (Å²) in [7, 11) is 1.81. The van der Waals surface area contributed by atoms with Gasteiger partial charge in [-0.2, -0.15) is 5.10 Å². The Kier molecular flexibility index (Phi) is 1.42. The lowest BCUT2D eigenvalue weighted by Crippen LogP contribution is -1.98.